The maximum Gasteiger partial charge on any atom is 0.326 e. The minimum atomic E-state index is -4.27. The zero-order valence-electron chi connectivity index (χ0n) is 16.7. The van der Waals surface area contributed by atoms with Crippen molar-refractivity contribution >= 4 is 39.7 Å². The lowest BCUT2D eigenvalue weighted by atomic mass is 10.1. The van der Waals surface area contributed by atoms with E-state index >= 15 is 4.39 Å². The highest BCUT2D eigenvalue weighted by molar-refractivity contribution is 7.92. The lowest BCUT2D eigenvalue weighted by molar-refractivity contribution is -0.117. The van der Waals surface area contributed by atoms with Crippen LogP contribution in [0.3, 0.4) is 0 Å². The highest BCUT2D eigenvalue weighted by atomic mass is 32.2. The third-order valence-corrected chi connectivity index (χ3v) is 10.0. The van der Waals surface area contributed by atoms with Gasteiger partial charge in [0, 0.05) is 11.5 Å². The number of phenolic OH excluding ortho intramolecular Hbond substituents is 1. The molecule has 3 rings (SSSR count). The van der Waals surface area contributed by atoms with Gasteiger partial charge in [-0.05, 0) is 42.3 Å². The molecule has 0 aliphatic carbocycles. The van der Waals surface area contributed by atoms with E-state index in [1.54, 1.807) is 16.9 Å². The molecular formula is C19H24FN2O6PS. The topological polar surface area (TPSA) is 113 Å². The van der Waals surface area contributed by atoms with Crippen LogP contribution in [-0.2, 0) is 19.6 Å². The van der Waals surface area contributed by atoms with E-state index in [4.69, 9.17) is 4.74 Å². The normalized spacial score (nSPS) is 16.1. The number of fused-ring (bicyclic) bond motifs is 1. The predicted octanol–water partition coefficient (Wildman–Crippen LogP) is 3.04. The van der Waals surface area contributed by atoms with E-state index in [0.29, 0.717) is 47.0 Å². The molecule has 11 heteroatoms. The molecule has 0 atom stereocenters. The predicted molar refractivity (Wildman–Crippen MR) is 114 cm³/mol. The van der Waals surface area contributed by atoms with Gasteiger partial charge >= 0.3 is 10.2 Å². The van der Waals surface area contributed by atoms with Crippen LogP contribution >= 0.6 is 7.14 Å². The SMILES string of the molecule is CCP(=O)(CC)CCCOc1ccc2cc(O)c(N3CC(=O)NS3(=O)=O)c(F)c2c1. The first-order valence-electron chi connectivity index (χ1n) is 9.58. The molecule has 0 radical (unpaired) electrons. The number of nitrogens with zero attached hydrogens (tertiary/aromatic N) is 1. The fraction of sp³-hybridized carbons (Fsp3) is 0.421. The molecule has 30 heavy (non-hydrogen) atoms. The monoisotopic (exact) mass is 458 g/mol. The maximum atomic E-state index is 15.2. The number of ether oxygens (including phenoxy) is 1. The van der Waals surface area contributed by atoms with Crippen LogP contribution < -0.4 is 13.8 Å². The Hall–Kier alpha value is -2.32. The van der Waals surface area contributed by atoms with E-state index in [0.717, 1.165) is 0 Å². The van der Waals surface area contributed by atoms with Crippen LogP contribution in [0.25, 0.3) is 10.8 Å². The minimum absolute atomic E-state index is 0.0441. The van der Waals surface area contributed by atoms with E-state index in [2.05, 4.69) is 0 Å². The summed E-state index contributed by atoms with van der Waals surface area (Å²) >= 11 is 0. The summed E-state index contributed by atoms with van der Waals surface area (Å²) in [6.45, 7) is 3.51. The number of carbonyl (C=O) groups is 1. The number of benzene rings is 2. The zero-order valence-corrected chi connectivity index (χ0v) is 18.4. The van der Waals surface area contributed by atoms with Crippen LogP contribution in [0.4, 0.5) is 10.1 Å². The second-order valence-electron chi connectivity index (χ2n) is 7.09. The van der Waals surface area contributed by atoms with Crippen molar-refractivity contribution in [2.45, 2.75) is 20.3 Å². The van der Waals surface area contributed by atoms with Gasteiger partial charge in [0.2, 0.25) is 0 Å². The molecule has 2 N–H and O–H groups in total. The standard InChI is InChI=1S/C19H24FN2O6PS/c1-3-29(25,4-2)9-5-8-28-14-7-6-13-10-16(23)19(18(20)15(13)11-14)22-12-17(24)21-30(22,26)27/h6-7,10-11,23H,3-5,8-9,12H2,1-2H3,(H,21,24). The third kappa shape index (κ3) is 4.39. The maximum absolute atomic E-state index is 15.2. The van der Waals surface area contributed by atoms with Gasteiger partial charge in [0.05, 0.1) is 13.7 Å². The Labute approximate surface area is 174 Å². The van der Waals surface area contributed by atoms with Gasteiger partial charge in [0.1, 0.15) is 23.7 Å². The lowest BCUT2D eigenvalue weighted by Gasteiger charge is -2.18. The van der Waals surface area contributed by atoms with Crippen LogP contribution in [0.1, 0.15) is 20.3 Å². The quantitative estimate of drug-likeness (QED) is 0.465. The van der Waals surface area contributed by atoms with Gasteiger partial charge in [-0.25, -0.2) is 13.4 Å². The molecule has 0 spiro atoms. The van der Waals surface area contributed by atoms with E-state index in [1.165, 1.54) is 12.1 Å². The van der Waals surface area contributed by atoms with Gasteiger partial charge in [-0.1, -0.05) is 19.9 Å². The molecule has 0 aromatic heterocycles. The number of nitrogens with one attached hydrogen (secondary N) is 1. The average Bonchev–Trinajstić information content (AvgIpc) is 2.97. The number of phenols is 1. The Bertz CT molecular complexity index is 1130. The van der Waals surface area contributed by atoms with Gasteiger partial charge in [0.25, 0.3) is 5.91 Å². The van der Waals surface area contributed by atoms with Gasteiger partial charge < -0.3 is 14.4 Å². The Balaban J connectivity index is 1.85. The first-order valence-corrected chi connectivity index (χ1v) is 13.3. The molecule has 2 aromatic rings. The van der Waals surface area contributed by atoms with Crippen LogP contribution in [0.2, 0.25) is 0 Å². The van der Waals surface area contributed by atoms with Gasteiger partial charge in [-0.2, -0.15) is 8.42 Å². The molecular weight excluding hydrogens is 434 g/mol. The van der Waals surface area contributed by atoms with Crippen LogP contribution in [0.5, 0.6) is 11.5 Å². The molecule has 1 aliphatic rings. The van der Waals surface area contributed by atoms with Gasteiger partial charge in [0.15, 0.2) is 5.82 Å². The molecule has 1 aliphatic heterocycles. The number of halogens is 1. The summed E-state index contributed by atoms with van der Waals surface area (Å²) in [5, 5.41) is 10.6. The van der Waals surface area contributed by atoms with Crippen molar-refractivity contribution in [3.8, 4) is 11.5 Å². The number of carbonyl (C=O) groups excluding carboxylic acids is 1. The second kappa shape index (κ2) is 8.43. The van der Waals surface area contributed by atoms with Crippen molar-refractivity contribution in [3.63, 3.8) is 0 Å². The Morgan fingerprint density at radius 1 is 1.27 bits per heavy atom. The number of anilines is 1. The largest absolute Gasteiger partial charge is 0.506 e. The van der Waals surface area contributed by atoms with Gasteiger partial charge in [-0.15, -0.1) is 0 Å². The molecule has 8 nitrogen and oxygen atoms in total. The van der Waals surface area contributed by atoms with Crippen molar-refractivity contribution in [2.24, 2.45) is 0 Å². The van der Waals surface area contributed by atoms with Crippen molar-refractivity contribution in [1.29, 1.82) is 0 Å². The Kier molecular flexibility index (Phi) is 6.29. The Morgan fingerprint density at radius 3 is 2.57 bits per heavy atom. The first-order chi connectivity index (χ1) is 14.1. The third-order valence-electron chi connectivity index (χ3n) is 5.20. The number of rotatable bonds is 8. The summed E-state index contributed by atoms with van der Waals surface area (Å²) in [6.07, 6.45) is 2.47. The molecule has 2 aromatic carbocycles. The number of amides is 1. The molecule has 1 heterocycles. The summed E-state index contributed by atoms with van der Waals surface area (Å²) in [7, 11) is -6.43. The van der Waals surface area contributed by atoms with Gasteiger partial charge in [-0.3, -0.25) is 4.79 Å². The van der Waals surface area contributed by atoms with Crippen molar-refractivity contribution in [1.82, 2.24) is 4.72 Å². The number of hydrogen-bond acceptors (Lipinski definition) is 6. The highest BCUT2D eigenvalue weighted by Crippen LogP contribution is 2.45. The molecule has 1 fully saturated rings. The van der Waals surface area contributed by atoms with Crippen molar-refractivity contribution < 1.29 is 32.0 Å². The van der Waals surface area contributed by atoms with Crippen molar-refractivity contribution in [3.05, 3.63) is 30.1 Å². The second-order valence-corrected chi connectivity index (χ2v) is 12.5. The smallest absolute Gasteiger partial charge is 0.326 e. The number of aromatic hydroxyl groups is 1. The minimum Gasteiger partial charge on any atom is -0.506 e. The summed E-state index contributed by atoms with van der Waals surface area (Å²) in [5.74, 6) is -2.03. The van der Waals surface area contributed by atoms with E-state index in [-0.39, 0.29) is 5.39 Å². The fourth-order valence-electron chi connectivity index (χ4n) is 3.36. The molecule has 0 saturated carbocycles. The summed E-state index contributed by atoms with van der Waals surface area (Å²) in [6, 6.07) is 5.79. The summed E-state index contributed by atoms with van der Waals surface area (Å²) < 4.78 is 59.6. The first kappa shape index (κ1) is 22.4. The van der Waals surface area contributed by atoms with Crippen LogP contribution in [0, 0.1) is 5.82 Å². The molecule has 1 amide bonds. The summed E-state index contributed by atoms with van der Waals surface area (Å²) in [5.41, 5.74) is -0.593. The lowest BCUT2D eigenvalue weighted by Crippen LogP contribution is -2.30. The zero-order chi connectivity index (χ0) is 22.1. The van der Waals surface area contributed by atoms with E-state index in [9.17, 15) is 22.9 Å². The molecule has 0 unspecified atom stereocenters. The molecule has 164 valence electrons. The average molecular weight is 458 g/mol. The molecule has 1 saturated heterocycles. The van der Waals surface area contributed by atoms with Crippen LogP contribution in [-0.4, -0.2) is 51.1 Å². The highest BCUT2D eigenvalue weighted by Gasteiger charge is 2.37. The van der Waals surface area contributed by atoms with E-state index in [1.807, 2.05) is 13.8 Å². The van der Waals surface area contributed by atoms with E-state index < -0.39 is 47.1 Å². The van der Waals surface area contributed by atoms with Crippen molar-refractivity contribution in [2.75, 3.05) is 35.9 Å². The summed E-state index contributed by atoms with van der Waals surface area (Å²) in [4.78, 5) is 11.5. The van der Waals surface area contributed by atoms with Crippen LogP contribution in [0.15, 0.2) is 24.3 Å². The fourth-order valence-corrected chi connectivity index (χ4v) is 6.31. The Morgan fingerprint density at radius 2 is 1.97 bits per heavy atom. The molecule has 0 bridgehead atoms. The number of hydrogen-bond donors (Lipinski definition) is 2.